The standard InChI is InChI=1S/C26H32N2O3/c1-19(31-22-15-14-20-10-4-5-11-21(20)18-22)25(29)27-24-13-7-6-12-23(24)26(30)28-16-8-2-3-9-17-28/h6-7,12-15,18-19H,2-5,8-11,16-17H2,1H3,(H,27,29). The average molecular weight is 421 g/mol. The van der Waals surface area contributed by atoms with Gasteiger partial charge in [-0.05, 0) is 80.8 Å². The lowest BCUT2D eigenvalue weighted by Crippen LogP contribution is -2.34. The summed E-state index contributed by atoms with van der Waals surface area (Å²) >= 11 is 0. The maximum absolute atomic E-state index is 13.1. The van der Waals surface area contributed by atoms with E-state index in [1.54, 1.807) is 19.1 Å². The van der Waals surface area contributed by atoms with Gasteiger partial charge in [0.15, 0.2) is 6.10 Å². The van der Waals surface area contributed by atoms with E-state index in [9.17, 15) is 9.59 Å². The van der Waals surface area contributed by atoms with Crippen LogP contribution >= 0.6 is 0 Å². The maximum atomic E-state index is 13.1. The zero-order valence-electron chi connectivity index (χ0n) is 18.4. The van der Waals surface area contributed by atoms with Crippen molar-refractivity contribution in [3.63, 3.8) is 0 Å². The van der Waals surface area contributed by atoms with Gasteiger partial charge in [0, 0.05) is 13.1 Å². The van der Waals surface area contributed by atoms with Crippen LogP contribution in [0.3, 0.4) is 0 Å². The minimum atomic E-state index is -0.664. The molecule has 31 heavy (non-hydrogen) atoms. The Hall–Kier alpha value is -2.82. The number of likely N-dealkylation sites (tertiary alicyclic amines) is 1. The lowest BCUT2D eigenvalue weighted by atomic mass is 9.92. The van der Waals surface area contributed by atoms with Crippen LogP contribution in [-0.4, -0.2) is 35.9 Å². The van der Waals surface area contributed by atoms with Crippen LogP contribution < -0.4 is 10.1 Å². The minimum Gasteiger partial charge on any atom is -0.481 e. The zero-order valence-corrected chi connectivity index (χ0v) is 18.4. The largest absolute Gasteiger partial charge is 0.481 e. The van der Waals surface area contributed by atoms with Gasteiger partial charge in [-0.1, -0.05) is 31.0 Å². The van der Waals surface area contributed by atoms with Crippen LogP contribution in [0.5, 0.6) is 5.75 Å². The molecule has 0 aromatic heterocycles. The van der Waals surface area contributed by atoms with Crippen LogP contribution in [-0.2, 0) is 17.6 Å². The van der Waals surface area contributed by atoms with E-state index >= 15 is 0 Å². The number of aryl methyl sites for hydroxylation is 2. The van der Waals surface area contributed by atoms with Gasteiger partial charge < -0.3 is 15.0 Å². The number of anilines is 1. The molecule has 1 atom stereocenters. The van der Waals surface area contributed by atoms with Gasteiger partial charge in [-0.2, -0.15) is 0 Å². The van der Waals surface area contributed by atoms with Gasteiger partial charge in [-0.25, -0.2) is 0 Å². The van der Waals surface area contributed by atoms with Crippen LogP contribution in [0, 0.1) is 0 Å². The Kier molecular flexibility index (Phi) is 6.90. The van der Waals surface area contributed by atoms with E-state index < -0.39 is 6.10 Å². The van der Waals surface area contributed by atoms with E-state index in [0.717, 1.165) is 44.5 Å². The third kappa shape index (κ3) is 5.27. The third-order valence-corrected chi connectivity index (χ3v) is 6.31. The van der Waals surface area contributed by atoms with Crippen LogP contribution in [0.15, 0.2) is 42.5 Å². The van der Waals surface area contributed by atoms with Crippen LogP contribution in [0.2, 0.25) is 0 Å². The van der Waals surface area contributed by atoms with E-state index in [0.29, 0.717) is 11.3 Å². The first kappa shape index (κ1) is 21.4. The SMILES string of the molecule is CC(Oc1ccc2c(c1)CCCC2)C(=O)Nc1ccccc1C(=O)N1CCCCCC1. The number of para-hydroxylation sites is 1. The second kappa shape index (κ2) is 9.99. The highest BCUT2D eigenvalue weighted by Crippen LogP contribution is 2.26. The molecule has 5 nitrogen and oxygen atoms in total. The molecule has 1 aliphatic carbocycles. The number of amides is 2. The Morgan fingerprint density at radius 1 is 0.903 bits per heavy atom. The third-order valence-electron chi connectivity index (χ3n) is 6.31. The fourth-order valence-corrected chi connectivity index (χ4v) is 4.50. The molecule has 1 heterocycles. The molecule has 0 spiro atoms. The topological polar surface area (TPSA) is 58.6 Å². The smallest absolute Gasteiger partial charge is 0.265 e. The van der Waals surface area contributed by atoms with Gasteiger partial charge in [-0.15, -0.1) is 0 Å². The first-order chi connectivity index (χ1) is 15.1. The quantitative estimate of drug-likeness (QED) is 0.742. The highest BCUT2D eigenvalue weighted by Gasteiger charge is 2.22. The van der Waals surface area contributed by atoms with Crippen molar-refractivity contribution >= 4 is 17.5 Å². The molecular formula is C26H32N2O3. The molecule has 5 heteroatoms. The summed E-state index contributed by atoms with van der Waals surface area (Å²) in [6, 6.07) is 13.4. The lowest BCUT2D eigenvalue weighted by molar-refractivity contribution is -0.122. The van der Waals surface area contributed by atoms with Gasteiger partial charge in [-0.3, -0.25) is 9.59 Å². The molecule has 2 aromatic carbocycles. The summed E-state index contributed by atoms with van der Waals surface area (Å²) in [5, 5.41) is 2.92. The van der Waals surface area contributed by atoms with Crippen molar-refractivity contribution in [2.45, 2.75) is 64.4 Å². The van der Waals surface area contributed by atoms with Gasteiger partial charge in [0.1, 0.15) is 5.75 Å². The summed E-state index contributed by atoms with van der Waals surface area (Å²) in [4.78, 5) is 27.9. The fourth-order valence-electron chi connectivity index (χ4n) is 4.50. The Bertz CT molecular complexity index is 932. The van der Waals surface area contributed by atoms with Crippen molar-refractivity contribution in [1.29, 1.82) is 0 Å². The molecule has 1 unspecified atom stereocenters. The van der Waals surface area contributed by atoms with Crippen LogP contribution in [0.25, 0.3) is 0 Å². The van der Waals surface area contributed by atoms with Crippen LogP contribution in [0.4, 0.5) is 5.69 Å². The number of hydrogen-bond acceptors (Lipinski definition) is 3. The molecule has 1 saturated heterocycles. The number of hydrogen-bond donors (Lipinski definition) is 1. The summed E-state index contributed by atoms with van der Waals surface area (Å²) in [5.41, 5.74) is 3.79. The molecule has 164 valence electrons. The highest BCUT2D eigenvalue weighted by atomic mass is 16.5. The predicted molar refractivity (Wildman–Crippen MR) is 123 cm³/mol. The van der Waals surface area contributed by atoms with E-state index in [4.69, 9.17) is 4.74 Å². The fraction of sp³-hybridized carbons (Fsp3) is 0.462. The summed E-state index contributed by atoms with van der Waals surface area (Å²) in [6.45, 7) is 3.30. The number of carbonyl (C=O) groups excluding carboxylic acids is 2. The van der Waals surface area contributed by atoms with Gasteiger partial charge in [0.25, 0.3) is 11.8 Å². The number of fused-ring (bicyclic) bond motifs is 1. The normalized spacial score (nSPS) is 17.3. The van der Waals surface area contributed by atoms with Gasteiger partial charge in [0.05, 0.1) is 11.3 Å². The Morgan fingerprint density at radius 2 is 1.61 bits per heavy atom. The molecule has 1 N–H and O–H groups in total. The Labute approximate surface area is 184 Å². The van der Waals surface area contributed by atoms with Crippen molar-refractivity contribution in [1.82, 2.24) is 4.90 Å². The Morgan fingerprint density at radius 3 is 2.39 bits per heavy atom. The first-order valence-corrected chi connectivity index (χ1v) is 11.6. The van der Waals surface area contributed by atoms with E-state index in [1.165, 1.54) is 36.8 Å². The Balaban J connectivity index is 1.43. The molecule has 1 aliphatic heterocycles. The molecule has 2 aromatic rings. The van der Waals surface area contributed by atoms with Gasteiger partial charge >= 0.3 is 0 Å². The van der Waals surface area contributed by atoms with Crippen molar-refractivity contribution in [2.24, 2.45) is 0 Å². The number of carbonyl (C=O) groups is 2. The summed E-state index contributed by atoms with van der Waals surface area (Å²) < 4.78 is 5.94. The second-order valence-corrected chi connectivity index (χ2v) is 8.64. The van der Waals surface area contributed by atoms with Crippen molar-refractivity contribution in [2.75, 3.05) is 18.4 Å². The zero-order chi connectivity index (χ0) is 21.6. The molecule has 4 rings (SSSR count). The number of nitrogens with one attached hydrogen (secondary N) is 1. The first-order valence-electron chi connectivity index (χ1n) is 11.6. The van der Waals surface area contributed by atoms with E-state index in [1.807, 2.05) is 23.1 Å². The second-order valence-electron chi connectivity index (χ2n) is 8.64. The highest BCUT2D eigenvalue weighted by molar-refractivity contribution is 6.04. The average Bonchev–Trinajstić information content (AvgIpc) is 3.08. The molecule has 0 saturated carbocycles. The summed E-state index contributed by atoms with van der Waals surface area (Å²) in [7, 11) is 0. The predicted octanol–water partition coefficient (Wildman–Crippen LogP) is 4.99. The van der Waals surface area contributed by atoms with E-state index in [2.05, 4.69) is 17.4 Å². The van der Waals surface area contributed by atoms with Crippen molar-refractivity contribution in [3.05, 3.63) is 59.2 Å². The minimum absolute atomic E-state index is 0.0129. The summed E-state index contributed by atoms with van der Waals surface area (Å²) in [5.74, 6) is 0.451. The van der Waals surface area contributed by atoms with E-state index in [-0.39, 0.29) is 11.8 Å². The van der Waals surface area contributed by atoms with Gasteiger partial charge in [0.2, 0.25) is 0 Å². The summed E-state index contributed by atoms with van der Waals surface area (Å²) in [6.07, 6.45) is 8.36. The number of benzene rings is 2. The number of ether oxygens (including phenoxy) is 1. The molecule has 1 fully saturated rings. The molecule has 2 amide bonds. The monoisotopic (exact) mass is 420 g/mol. The number of nitrogens with zero attached hydrogens (tertiary/aromatic N) is 1. The molecule has 0 bridgehead atoms. The number of rotatable bonds is 5. The van der Waals surface area contributed by atoms with Crippen LogP contribution in [0.1, 0.15) is 66.9 Å². The lowest BCUT2D eigenvalue weighted by Gasteiger charge is -2.22. The van der Waals surface area contributed by atoms with Crippen molar-refractivity contribution in [3.8, 4) is 5.75 Å². The maximum Gasteiger partial charge on any atom is 0.265 e. The molecule has 0 radical (unpaired) electrons. The molecular weight excluding hydrogens is 388 g/mol. The van der Waals surface area contributed by atoms with Crippen molar-refractivity contribution < 1.29 is 14.3 Å². The molecule has 2 aliphatic rings.